The summed E-state index contributed by atoms with van der Waals surface area (Å²) in [6.07, 6.45) is 5.47. The van der Waals surface area contributed by atoms with E-state index in [0.29, 0.717) is 13.0 Å². The molecular weight excluding hydrogens is 306 g/mol. The van der Waals surface area contributed by atoms with E-state index in [1.165, 1.54) is 0 Å². The minimum absolute atomic E-state index is 0.134. The summed E-state index contributed by atoms with van der Waals surface area (Å²) in [4.78, 5) is 30.6. The summed E-state index contributed by atoms with van der Waals surface area (Å²) in [6, 6.07) is 3.13. The Morgan fingerprint density at radius 3 is 2.58 bits per heavy atom. The number of hydrogen-bond acceptors (Lipinski definition) is 4. The van der Waals surface area contributed by atoms with Crippen LogP contribution in [0, 0.1) is 0 Å². The molecule has 1 aliphatic rings. The van der Waals surface area contributed by atoms with E-state index in [4.69, 9.17) is 4.74 Å². The molecule has 0 radical (unpaired) electrons. The summed E-state index contributed by atoms with van der Waals surface area (Å²) in [6.45, 7) is 7.96. The number of nitrogens with zero attached hydrogens (tertiary/aromatic N) is 2. The molecule has 1 N–H and O–H groups in total. The van der Waals surface area contributed by atoms with Gasteiger partial charge in [0, 0.05) is 18.9 Å². The molecule has 6 heteroatoms. The lowest BCUT2D eigenvalue weighted by Crippen LogP contribution is -2.53. The molecule has 132 valence electrons. The molecule has 2 atom stereocenters. The minimum atomic E-state index is -0.570. The molecule has 2 heterocycles. The molecule has 0 aliphatic carbocycles. The maximum atomic E-state index is 12.7. The van der Waals surface area contributed by atoms with Gasteiger partial charge in [0.05, 0.1) is 6.04 Å². The molecule has 0 aromatic carbocycles. The predicted octanol–water partition coefficient (Wildman–Crippen LogP) is 3.05. The zero-order chi connectivity index (χ0) is 17.7. The first-order chi connectivity index (χ1) is 11.3. The average molecular weight is 333 g/mol. The molecule has 2 rings (SSSR count). The third kappa shape index (κ3) is 4.94. The van der Waals surface area contributed by atoms with Crippen molar-refractivity contribution in [2.24, 2.45) is 0 Å². The Hall–Kier alpha value is -2.11. The maximum Gasteiger partial charge on any atom is 0.410 e. The van der Waals surface area contributed by atoms with Crippen molar-refractivity contribution in [1.29, 1.82) is 0 Å². The van der Waals surface area contributed by atoms with Gasteiger partial charge in [0.15, 0.2) is 0 Å². The quantitative estimate of drug-likeness (QED) is 0.923. The second-order valence-electron chi connectivity index (χ2n) is 7.20. The van der Waals surface area contributed by atoms with Gasteiger partial charge in [-0.2, -0.15) is 0 Å². The summed E-state index contributed by atoms with van der Waals surface area (Å²) in [5.74, 6) is -0.134. The second-order valence-corrected chi connectivity index (χ2v) is 7.20. The van der Waals surface area contributed by atoms with E-state index < -0.39 is 17.7 Å². The molecule has 24 heavy (non-hydrogen) atoms. The Morgan fingerprint density at radius 2 is 1.96 bits per heavy atom. The van der Waals surface area contributed by atoms with E-state index in [0.717, 1.165) is 18.4 Å². The third-order valence-corrected chi connectivity index (χ3v) is 4.00. The molecule has 6 nitrogen and oxygen atoms in total. The molecule has 0 spiro atoms. The van der Waals surface area contributed by atoms with Crippen LogP contribution < -0.4 is 5.32 Å². The normalized spacial score (nSPS) is 19.5. The number of amides is 2. The van der Waals surface area contributed by atoms with Gasteiger partial charge < -0.3 is 10.1 Å². The van der Waals surface area contributed by atoms with Crippen LogP contribution in [0.1, 0.15) is 58.6 Å². The first-order valence-electron chi connectivity index (χ1n) is 8.48. The van der Waals surface area contributed by atoms with Crippen LogP contribution in [0.25, 0.3) is 0 Å². The molecule has 1 aromatic rings. The van der Waals surface area contributed by atoms with Crippen LogP contribution in [0.5, 0.6) is 0 Å². The highest BCUT2D eigenvalue weighted by atomic mass is 16.6. The van der Waals surface area contributed by atoms with Crippen molar-refractivity contribution >= 4 is 12.0 Å². The largest absolute Gasteiger partial charge is 0.444 e. The van der Waals surface area contributed by atoms with Crippen molar-refractivity contribution in [3.05, 3.63) is 30.1 Å². The van der Waals surface area contributed by atoms with Gasteiger partial charge in [0.1, 0.15) is 11.6 Å². The summed E-state index contributed by atoms with van der Waals surface area (Å²) in [5, 5.41) is 3.00. The first-order valence-corrected chi connectivity index (χ1v) is 8.48. The molecule has 1 aromatic heterocycles. The van der Waals surface area contributed by atoms with Gasteiger partial charge in [-0.25, -0.2) is 4.79 Å². The van der Waals surface area contributed by atoms with E-state index in [9.17, 15) is 9.59 Å². The van der Waals surface area contributed by atoms with E-state index in [-0.39, 0.29) is 11.9 Å². The fraction of sp³-hybridized carbons (Fsp3) is 0.611. The van der Waals surface area contributed by atoms with Gasteiger partial charge in [-0.15, -0.1) is 0 Å². The van der Waals surface area contributed by atoms with E-state index >= 15 is 0 Å². The number of ether oxygens (including phenoxy) is 1. The summed E-state index contributed by atoms with van der Waals surface area (Å²) in [5.41, 5.74) is 0.415. The van der Waals surface area contributed by atoms with Gasteiger partial charge in [-0.05, 0) is 64.7 Å². The third-order valence-electron chi connectivity index (χ3n) is 4.00. The number of pyridine rings is 1. The van der Waals surface area contributed by atoms with Crippen molar-refractivity contribution in [2.75, 3.05) is 6.54 Å². The smallest absolute Gasteiger partial charge is 0.410 e. The van der Waals surface area contributed by atoms with Crippen LogP contribution in [-0.4, -0.2) is 40.1 Å². The Labute approximate surface area is 143 Å². The summed E-state index contributed by atoms with van der Waals surface area (Å²) >= 11 is 0. The SMILES string of the molecule is C[C@H](NC(=O)[C@H]1CCCCN1C(=O)OC(C)(C)C)c1ccncc1. The van der Waals surface area contributed by atoms with Crippen molar-refractivity contribution in [3.63, 3.8) is 0 Å². The number of rotatable bonds is 3. The van der Waals surface area contributed by atoms with Crippen LogP contribution in [0.2, 0.25) is 0 Å². The standard InChI is InChI=1S/C18H27N3O3/c1-13(14-8-10-19-11-9-14)20-16(22)15-7-5-6-12-21(15)17(23)24-18(2,3)4/h8-11,13,15H,5-7,12H2,1-4H3,(H,20,22)/t13-,15+/m0/s1. The molecule has 2 amide bonds. The molecule has 1 fully saturated rings. The van der Waals surface area contributed by atoms with E-state index in [1.807, 2.05) is 39.8 Å². The Morgan fingerprint density at radius 1 is 1.29 bits per heavy atom. The number of hydrogen-bond donors (Lipinski definition) is 1. The molecule has 0 bridgehead atoms. The van der Waals surface area contributed by atoms with Crippen LogP contribution in [0.15, 0.2) is 24.5 Å². The summed E-state index contributed by atoms with van der Waals surface area (Å²) < 4.78 is 5.45. The van der Waals surface area contributed by atoms with E-state index in [1.54, 1.807) is 17.3 Å². The minimum Gasteiger partial charge on any atom is -0.444 e. The van der Waals surface area contributed by atoms with Gasteiger partial charge in [0.2, 0.25) is 5.91 Å². The highest BCUT2D eigenvalue weighted by Gasteiger charge is 2.35. The molecular formula is C18H27N3O3. The van der Waals surface area contributed by atoms with E-state index in [2.05, 4.69) is 10.3 Å². The molecule has 1 saturated heterocycles. The Kier molecular flexibility index (Phi) is 5.80. The van der Waals surface area contributed by atoms with Crippen molar-refractivity contribution in [2.45, 2.75) is 64.6 Å². The lowest BCUT2D eigenvalue weighted by molar-refractivity contribution is -0.128. The number of nitrogens with one attached hydrogen (secondary N) is 1. The molecule has 0 unspecified atom stereocenters. The molecule has 1 aliphatic heterocycles. The monoisotopic (exact) mass is 333 g/mol. The Balaban J connectivity index is 2.03. The van der Waals surface area contributed by atoms with Crippen LogP contribution in [0.4, 0.5) is 4.79 Å². The average Bonchev–Trinajstić information content (AvgIpc) is 2.54. The number of carbonyl (C=O) groups excluding carboxylic acids is 2. The second kappa shape index (κ2) is 7.64. The summed E-state index contributed by atoms with van der Waals surface area (Å²) in [7, 11) is 0. The highest BCUT2D eigenvalue weighted by molar-refractivity contribution is 5.86. The van der Waals surface area contributed by atoms with Gasteiger partial charge in [-0.1, -0.05) is 0 Å². The fourth-order valence-corrected chi connectivity index (χ4v) is 2.79. The van der Waals surface area contributed by atoms with Crippen LogP contribution in [-0.2, 0) is 9.53 Å². The zero-order valence-electron chi connectivity index (χ0n) is 14.9. The predicted molar refractivity (Wildman–Crippen MR) is 91.4 cm³/mol. The number of likely N-dealkylation sites (tertiary alicyclic amines) is 1. The van der Waals surface area contributed by atoms with Gasteiger partial charge in [-0.3, -0.25) is 14.7 Å². The lowest BCUT2D eigenvalue weighted by Gasteiger charge is -2.36. The van der Waals surface area contributed by atoms with Crippen molar-refractivity contribution in [3.8, 4) is 0 Å². The lowest BCUT2D eigenvalue weighted by atomic mass is 10.0. The zero-order valence-corrected chi connectivity index (χ0v) is 14.9. The van der Waals surface area contributed by atoms with Gasteiger partial charge >= 0.3 is 6.09 Å². The first kappa shape index (κ1) is 18.2. The van der Waals surface area contributed by atoms with Crippen molar-refractivity contribution < 1.29 is 14.3 Å². The number of aromatic nitrogens is 1. The van der Waals surface area contributed by atoms with Crippen molar-refractivity contribution in [1.82, 2.24) is 15.2 Å². The van der Waals surface area contributed by atoms with Crippen LogP contribution >= 0.6 is 0 Å². The fourth-order valence-electron chi connectivity index (χ4n) is 2.79. The van der Waals surface area contributed by atoms with Gasteiger partial charge in [0.25, 0.3) is 0 Å². The van der Waals surface area contributed by atoms with Crippen LogP contribution in [0.3, 0.4) is 0 Å². The number of carbonyl (C=O) groups is 2. The number of piperidine rings is 1. The molecule has 0 saturated carbocycles. The maximum absolute atomic E-state index is 12.7. The topological polar surface area (TPSA) is 71.5 Å². The highest BCUT2D eigenvalue weighted by Crippen LogP contribution is 2.21. The Bertz CT molecular complexity index is 569.